The van der Waals surface area contributed by atoms with Crippen molar-refractivity contribution in [1.82, 2.24) is 10.6 Å². The molecule has 0 unspecified atom stereocenters. The number of hydrogen-bond donors (Lipinski definition) is 3. The van der Waals surface area contributed by atoms with E-state index in [0.29, 0.717) is 36.4 Å². The monoisotopic (exact) mass is 368 g/mol. The van der Waals surface area contributed by atoms with Gasteiger partial charge in [0.1, 0.15) is 0 Å². The van der Waals surface area contributed by atoms with E-state index in [0.717, 1.165) is 0 Å². The number of aliphatic carboxylic acids is 1. The Balaban J connectivity index is 2.39. The summed E-state index contributed by atoms with van der Waals surface area (Å²) in [6.45, 7) is 4.08. The number of carboxylic acid groups (broad SMARTS) is 1. The maximum absolute atomic E-state index is 12.1. The van der Waals surface area contributed by atoms with Crippen LogP contribution in [0.4, 0.5) is 0 Å². The molecule has 0 aliphatic carbocycles. The molecule has 3 N–H and O–H groups in total. The van der Waals surface area contributed by atoms with Crippen molar-refractivity contribution in [3.8, 4) is 0 Å². The van der Waals surface area contributed by atoms with Gasteiger partial charge in [-0.15, -0.1) is 0 Å². The van der Waals surface area contributed by atoms with E-state index in [9.17, 15) is 14.4 Å². The zero-order chi connectivity index (χ0) is 18.9. The topological polar surface area (TPSA) is 95.5 Å². The van der Waals surface area contributed by atoms with E-state index in [4.69, 9.17) is 16.7 Å². The minimum atomic E-state index is -0.931. The highest BCUT2D eigenvalue weighted by molar-refractivity contribution is 6.30. The number of amides is 2. The minimum absolute atomic E-state index is 0.0982. The molecule has 1 rings (SSSR count). The summed E-state index contributed by atoms with van der Waals surface area (Å²) in [5.74, 6) is -1.36. The summed E-state index contributed by atoms with van der Waals surface area (Å²) in [6.07, 6.45) is 1.70. The Morgan fingerprint density at radius 3 is 2.24 bits per heavy atom. The maximum atomic E-state index is 12.1. The largest absolute Gasteiger partial charge is 0.481 e. The third-order valence-electron chi connectivity index (χ3n) is 4.22. The number of hydrogen-bond acceptors (Lipinski definition) is 3. The molecular formula is C18H25ClN2O4. The second-order valence-electron chi connectivity index (χ2n) is 5.97. The van der Waals surface area contributed by atoms with E-state index >= 15 is 0 Å². The SMILES string of the molecule is CCC(CC)(CC(=O)O)NC(=O)CCCNC(=O)c1ccc(Cl)cc1. The van der Waals surface area contributed by atoms with E-state index in [2.05, 4.69) is 10.6 Å². The van der Waals surface area contributed by atoms with Gasteiger partial charge < -0.3 is 15.7 Å². The first-order chi connectivity index (χ1) is 11.8. The summed E-state index contributed by atoms with van der Waals surface area (Å²) < 4.78 is 0. The quantitative estimate of drug-likeness (QED) is 0.553. The van der Waals surface area contributed by atoms with Crippen molar-refractivity contribution in [1.29, 1.82) is 0 Å². The van der Waals surface area contributed by atoms with E-state index in [1.165, 1.54) is 0 Å². The zero-order valence-corrected chi connectivity index (χ0v) is 15.4. The molecule has 0 heterocycles. The van der Waals surface area contributed by atoms with Crippen LogP contribution in [0.3, 0.4) is 0 Å². The van der Waals surface area contributed by atoms with Crippen molar-refractivity contribution in [2.45, 2.75) is 51.5 Å². The average molecular weight is 369 g/mol. The van der Waals surface area contributed by atoms with E-state index in [1.807, 2.05) is 13.8 Å². The van der Waals surface area contributed by atoms with Gasteiger partial charge in [0.2, 0.25) is 5.91 Å². The Kier molecular flexibility index (Phi) is 8.41. The lowest BCUT2D eigenvalue weighted by atomic mass is 9.88. The Hall–Kier alpha value is -2.08. The molecule has 1 aromatic rings. The molecule has 138 valence electrons. The number of nitrogens with one attached hydrogen (secondary N) is 2. The number of benzene rings is 1. The van der Waals surface area contributed by atoms with Gasteiger partial charge in [-0.1, -0.05) is 25.4 Å². The van der Waals surface area contributed by atoms with Gasteiger partial charge in [-0.2, -0.15) is 0 Å². The van der Waals surface area contributed by atoms with E-state index in [1.54, 1.807) is 24.3 Å². The van der Waals surface area contributed by atoms with Crippen LogP contribution in [0.1, 0.15) is 56.3 Å². The van der Waals surface area contributed by atoms with Crippen molar-refractivity contribution < 1.29 is 19.5 Å². The van der Waals surface area contributed by atoms with Gasteiger partial charge in [0.05, 0.1) is 6.42 Å². The van der Waals surface area contributed by atoms with Crippen LogP contribution in [0.15, 0.2) is 24.3 Å². The third-order valence-corrected chi connectivity index (χ3v) is 4.47. The van der Waals surface area contributed by atoms with Gasteiger partial charge in [0.15, 0.2) is 0 Å². The number of carboxylic acids is 1. The summed E-state index contributed by atoms with van der Waals surface area (Å²) in [6, 6.07) is 6.54. The number of rotatable bonds is 10. The fraction of sp³-hybridized carbons (Fsp3) is 0.500. The Morgan fingerprint density at radius 1 is 1.12 bits per heavy atom. The molecule has 0 radical (unpaired) electrons. The Morgan fingerprint density at radius 2 is 1.72 bits per heavy atom. The number of halogens is 1. The summed E-state index contributed by atoms with van der Waals surface area (Å²) in [7, 11) is 0. The van der Waals surface area contributed by atoms with Crippen LogP contribution in [0.25, 0.3) is 0 Å². The third kappa shape index (κ3) is 7.13. The zero-order valence-electron chi connectivity index (χ0n) is 14.6. The van der Waals surface area contributed by atoms with Crippen LogP contribution < -0.4 is 10.6 Å². The predicted octanol–water partition coefficient (Wildman–Crippen LogP) is 3.00. The van der Waals surface area contributed by atoms with Crippen LogP contribution >= 0.6 is 11.6 Å². The molecular weight excluding hydrogens is 344 g/mol. The van der Waals surface area contributed by atoms with Crippen molar-refractivity contribution >= 4 is 29.4 Å². The molecule has 0 fully saturated rings. The second kappa shape index (κ2) is 10.0. The summed E-state index contributed by atoms with van der Waals surface area (Å²) in [5, 5.41) is 15.2. The molecule has 0 spiro atoms. The lowest BCUT2D eigenvalue weighted by molar-refractivity contribution is -0.139. The average Bonchev–Trinajstić information content (AvgIpc) is 2.58. The summed E-state index contributed by atoms with van der Waals surface area (Å²) in [4.78, 5) is 35.0. The van der Waals surface area contributed by atoms with Gasteiger partial charge >= 0.3 is 5.97 Å². The highest BCUT2D eigenvalue weighted by atomic mass is 35.5. The van der Waals surface area contributed by atoms with E-state index in [-0.39, 0.29) is 24.7 Å². The van der Waals surface area contributed by atoms with Crippen LogP contribution in [-0.2, 0) is 9.59 Å². The van der Waals surface area contributed by atoms with Crippen LogP contribution in [0, 0.1) is 0 Å². The van der Waals surface area contributed by atoms with Gasteiger partial charge in [0, 0.05) is 29.1 Å². The van der Waals surface area contributed by atoms with Gasteiger partial charge in [-0.25, -0.2) is 0 Å². The molecule has 0 aliphatic rings. The van der Waals surface area contributed by atoms with Gasteiger partial charge in [0.25, 0.3) is 5.91 Å². The molecule has 0 saturated carbocycles. The van der Waals surface area contributed by atoms with Crippen LogP contribution in [-0.4, -0.2) is 35.0 Å². The molecule has 0 aliphatic heterocycles. The molecule has 25 heavy (non-hydrogen) atoms. The molecule has 0 saturated heterocycles. The fourth-order valence-corrected chi connectivity index (χ4v) is 2.65. The number of carbonyl (C=O) groups excluding carboxylic acids is 2. The maximum Gasteiger partial charge on any atom is 0.305 e. The van der Waals surface area contributed by atoms with Crippen molar-refractivity contribution in [3.05, 3.63) is 34.9 Å². The molecule has 0 bridgehead atoms. The van der Waals surface area contributed by atoms with Gasteiger partial charge in [-0.05, 0) is 43.5 Å². The van der Waals surface area contributed by atoms with Crippen molar-refractivity contribution in [2.24, 2.45) is 0 Å². The fourth-order valence-electron chi connectivity index (χ4n) is 2.52. The lowest BCUT2D eigenvalue weighted by Gasteiger charge is -2.31. The van der Waals surface area contributed by atoms with Gasteiger partial charge in [-0.3, -0.25) is 14.4 Å². The first kappa shape index (κ1) is 21.0. The molecule has 6 nitrogen and oxygen atoms in total. The first-order valence-corrected chi connectivity index (χ1v) is 8.76. The van der Waals surface area contributed by atoms with Crippen LogP contribution in [0.5, 0.6) is 0 Å². The molecule has 1 aromatic carbocycles. The normalized spacial score (nSPS) is 11.0. The smallest absolute Gasteiger partial charge is 0.305 e. The van der Waals surface area contributed by atoms with E-state index < -0.39 is 11.5 Å². The molecule has 2 amide bonds. The Labute approximate surface area is 152 Å². The second-order valence-corrected chi connectivity index (χ2v) is 6.41. The first-order valence-electron chi connectivity index (χ1n) is 8.38. The summed E-state index contributed by atoms with van der Waals surface area (Å²) >= 11 is 5.77. The Bertz CT molecular complexity index is 598. The predicted molar refractivity (Wildman–Crippen MR) is 96.7 cm³/mol. The molecule has 0 atom stereocenters. The van der Waals surface area contributed by atoms with Crippen molar-refractivity contribution in [3.63, 3.8) is 0 Å². The molecule has 7 heteroatoms. The summed E-state index contributed by atoms with van der Waals surface area (Å²) in [5.41, 5.74) is -0.207. The minimum Gasteiger partial charge on any atom is -0.481 e. The molecule has 0 aromatic heterocycles. The lowest BCUT2D eigenvalue weighted by Crippen LogP contribution is -2.49. The number of carbonyl (C=O) groups is 3. The highest BCUT2D eigenvalue weighted by Gasteiger charge is 2.30. The highest BCUT2D eigenvalue weighted by Crippen LogP contribution is 2.20. The van der Waals surface area contributed by atoms with Crippen molar-refractivity contribution in [2.75, 3.05) is 6.54 Å². The van der Waals surface area contributed by atoms with Crippen LogP contribution in [0.2, 0.25) is 5.02 Å². The standard InChI is InChI=1S/C18H25ClN2O4/c1-3-18(4-2,12-16(23)24)21-15(22)6-5-11-20-17(25)13-7-9-14(19)10-8-13/h7-10H,3-6,11-12H2,1-2H3,(H,20,25)(H,21,22)(H,23,24).